The Labute approximate surface area is 202 Å². The van der Waals surface area contributed by atoms with Crippen molar-refractivity contribution < 1.29 is 14.4 Å². The van der Waals surface area contributed by atoms with Crippen molar-refractivity contribution in [2.45, 2.75) is 63.3 Å². The summed E-state index contributed by atoms with van der Waals surface area (Å²) in [5.41, 5.74) is 0.712. The molecular weight excluding hydrogens is 456 g/mol. The Hall–Kier alpha value is -2.10. The first-order valence-electron chi connectivity index (χ1n) is 11.9. The van der Waals surface area contributed by atoms with Crippen LogP contribution in [-0.4, -0.2) is 52.7 Å². The number of hydrogen-bond donors (Lipinski definition) is 2. The molecule has 1 aliphatic heterocycles. The topological polar surface area (TPSA) is 91.4 Å². The molecule has 0 bridgehead atoms. The van der Waals surface area contributed by atoms with E-state index in [1.807, 2.05) is 11.4 Å². The first-order valence-corrected chi connectivity index (χ1v) is 13.6. The van der Waals surface area contributed by atoms with Crippen molar-refractivity contribution in [1.82, 2.24) is 15.2 Å². The third-order valence-corrected chi connectivity index (χ3v) is 9.23. The van der Waals surface area contributed by atoms with Gasteiger partial charge in [-0.3, -0.25) is 24.6 Å². The SMILES string of the molecule is O=C(Nc1nc2c(s1)C(=O)CC(C(=O)NCC1(N3CCCCC3)CCCC1)C2)c1cccs1. The van der Waals surface area contributed by atoms with Gasteiger partial charge >= 0.3 is 0 Å². The summed E-state index contributed by atoms with van der Waals surface area (Å²) in [6, 6.07) is 3.57. The summed E-state index contributed by atoms with van der Waals surface area (Å²) < 4.78 is 0. The summed E-state index contributed by atoms with van der Waals surface area (Å²) in [5.74, 6) is -0.725. The molecule has 2 aromatic heterocycles. The first-order chi connectivity index (χ1) is 16.0. The number of carbonyl (C=O) groups excluding carboxylic acids is 3. The predicted octanol–water partition coefficient (Wildman–Crippen LogP) is 4.12. The zero-order valence-electron chi connectivity index (χ0n) is 18.7. The maximum atomic E-state index is 13.1. The van der Waals surface area contributed by atoms with Crippen molar-refractivity contribution >= 4 is 45.4 Å². The third-order valence-electron chi connectivity index (χ3n) is 7.31. The molecule has 9 heteroatoms. The number of nitrogens with zero attached hydrogens (tertiary/aromatic N) is 2. The maximum absolute atomic E-state index is 13.1. The second-order valence-corrected chi connectivity index (χ2v) is 11.4. The Balaban J connectivity index is 1.22. The molecule has 33 heavy (non-hydrogen) atoms. The largest absolute Gasteiger partial charge is 0.354 e. The summed E-state index contributed by atoms with van der Waals surface area (Å²) in [5, 5.41) is 8.27. The minimum Gasteiger partial charge on any atom is -0.354 e. The molecule has 2 N–H and O–H groups in total. The number of piperidine rings is 1. The monoisotopic (exact) mass is 486 g/mol. The molecule has 176 valence electrons. The lowest BCUT2D eigenvalue weighted by molar-refractivity contribution is -0.125. The highest BCUT2D eigenvalue weighted by Gasteiger charge is 2.41. The van der Waals surface area contributed by atoms with Gasteiger partial charge in [0.05, 0.1) is 21.4 Å². The van der Waals surface area contributed by atoms with Crippen LogP contribution in [0.4, 0.5) is 5.13 Å². The molecule has 5 rings (SSSR count). The highest BCUT2D eigenvalue weighted by Crippen LogP contribution is 2.37. The predicted molar refractivity (Wildman–Crippen MR) is 130 cm³/mol. The van der Waals surface area contributed by atoms with Gasteiger partial charge in [0.25, 0.3) is 5.91 Å². The van der Waals surface area contributed by atoms with Gasteiger partial charge in [-0.2, -0.15) is 0 Å². The molecule has 1 saturated carbocycles. The van der Waals surface area contributed by atoms with E-state index in [-0.39, 0.29) is 29.6 Å². The molecule has 7 nitrogen and oxygen atoms in total. The smallest absolute Gasteiger partial charge is 0.267 e. The van der Waals surface area contributed by atoms with E-state index in [2.05, 4.69) is 20.5 Å². The van der Waals surface area contributed by atoms with Gasteiger partial charge in [0, 0.05) is 24.9 Å². The van der Waals surface area contributed by atoms with Gasteiger partial charge in [0.15, 0.2) is 10.9 Å². The van der Waals surface area contributed by atoms with E-state index < -0.39 is 5.92 Å². The standard InChI is InChI=1S/C24H30N4O3S2/c29-18-14-16(13-17-20(18)33-23(26-17)27-22(31)19-7-6-12-32-19)21(30)25-15-24(8-2-3-9-24)28-10-4-1-5-11-28/h6-7,12,16H,1-5,8-11,13-15H2,(H,25,30)(H,26,27,31). The van der Waals surface area contributed by atoms with Gasteiger partial charge in [-0.1, -0.05) is 36.7 Å². The summed E-state index contributed by atoms with van der Waals surface area (Å²) in [4.78, 5) is 46.5. The number of nitrogens with one attached hydrogen (secondary N) is 2. The molecule has 2 aromatic rings. The number of aromatic nitrogens is 1. The second kappa shape index (κ2) is 9.64. The van der Waals surface area contributed by atoms with E-state index >= 15 is 0 Å². The normalized spacial score (nSPS) is 22.7. The number of carbonyl (C=O) groups is 3. The lowest BCUT2D eigenvalue weighted by Gasteiger charge is -2.44. The molecule has 0 aromatic carbocycles. The van der Waals surface area contributed by atoms with Crippen LogP contribution in [0, 0.1) is 5.92 Å². The number of hydrogen-bond acceptors (Lipinski definition) is 7. The van der Waals surface area contributed by atoms with E-state index in [1.54, 1.807) is 6.07 Å². The Morgan fingerprint density at radius 2 is 1.91 bits per heavy atom. The Kier molecular flexibility index (Phi) is 6.62. The van der Waals surface area contributed by atoms with E-state index in [9.17, 15) is 14.4 Å². The Morgan fingerprint density at radius 3 is 2.64 bits per heavy atom. The van der Waals surface area contributed by atoms with Crippen LogP contribution < -0.4 is 10.6 Å². The lowest BCUT2D eigenvalue weighted by atomic mass is 9.88. The van der Waals surface area contributed by atoms with Gasteiger partial charge < -0.3 is 5.32 Å². The number of amides is 2. The highest BCUT2D eigenvalue weighted by molar-refractivity contribution is 7.18. The van der Waals surface area contributed by atoms with E-state index in [1.165, 1.54) is 54.8 Å². The van der Waals surface area contributed by atoms with Crippen LogP contribution >= 0.6 is 22.7 Å². The number of rotatable bonds is 6. The number of thiophene rings is 1. The van der Waals surface area contributed by atoms with Crippen molar-refractivity contribution in [3.8, 4) is 0 Å². The zero-order chi connectivity index (χ0) is 22.8. The molecular formula is C24H30N4O3S2. The number of ketones is 1. The number of thiazole rings is 1. The molecule has 0 spiro atoms. The average Bonchev–Trinajstić information content (AvgIpc) is 3.59. The van der Waals surface area contributed by atoms with Crippen molar-refractivity contribution in [2.75, 3.05) is 25.0 Å². The van der Waals surface area contributed by atoms with Gasteiger partial charge in [-0.15, -0.1) is 11.3 Å². The molecule has 1 saturated heterocycles. The number of Topliss-reactive ketones (excluding diaryl/α,β-unsaturated/α-hetero) is 1. The van der Waals surface area contributed by atoms with Crippen LogP contribution in [0.3, 0.4) is 0 Å². The van der Waals surface area contributed by atoms with Crippen LogP contribution in [0.1, 0.15) is 76.4 Å². The molecule has 2 fully saturated rings. The molecule has 0 radical (unpaired) electrons. The third kappa shape index (κ3) is 4.76. The summed E-state index contributed by atoms with van der Waals surface area (Å²) in [6.45, 7) is 2.92. The summed E-state index contributed by atoms with van der Waals surface area (Å²) in [7, 11) is 0. The van der Waals surface area contributed by atoms with Crippen molar-refractivity contribution in [3.63, 3.8) is 0 Å². The Bertz CT molecular complexity index is 1020. The molecule has 2 amide bonds. The molecule has 2 aliphatic carbocycles. The number of anilines is 1. The fraction of sp³-hybridized carbons (Fsp3) is 0.583. The van der Waals surface area contributed by atoms with Crippen LogP contribution in [0.15, 0.2) is 17.5 Å². The zero-order valence-corrected chi connectivity index (χ0v) is 20.4. The van der Waals surface area contributed by atoms with Crippen molar-refractivity contribution in [3.05, 3.63) is 33.0 Å². The lowest BCUT2D eigenvalue weighted by Crippen LogP contribution is -2.56. The van der Waals surface area contributed by atoms with Crippen LogP contribution in [-0.2, 0) is 11.2 Å². The van der Waals surface area contributed by atoms with E-state index in [4.69, 9.17) is 0 Å². The molecule has 1 atom stereocenters. The fourth-order valence-electron chi connectivity index (χ4n) is 5.54. The van der Waals surface area contributed by atoms with Gasteiger partial charge in [-0.05, 0) is 50.2 Å². The molecule has 3 heterocycles. The first kappa shape index (κ1) is 22.7. The molecule has 1 unspecified atom stereocenters. The fourth-order valence-corrected chi connectivity index (χ4v) is 7.09. The summed E-state index contributed by atoms with van der Waals surface area (Å²) in [6.07, 6.45) is 9.14. The average molecular weight is 487 g/mol. The maximum Gasteiger partial charge on any atom is 0.267 e. The summed E-state index contributed by atoms with van der Waals surface area (Å²) >= 11 is 2.57. The quantitative estimate of drug-likeness (QED) is 0.641. The van der Waals surface area contributed by atoms with Crippen molar-refractivity contribution in [2.24, 2.45) is 5.92 Å². The highest BCUT2D eigenvalue weighted by atomic mass is 32.1. The van der Waals surface area contributed by atoms with Crippen LogP contribution in [0.2, 0.25) is 0 Å². The number of fused-ring (bicyclic) bond motifs is 1. The van der Waals surface area contributed by atoms with Gasteiger partial charge in [0.1, 0.15) is 0 Å². The molecule has 3 aliphatic rings. The van der Waals surface area contributed by atoms with Crippen molar-refractivity contribution in [1.29, 1.82) is 0 Å². The second-order valence-electron chi connectivity index (χ2n) is 9.45. The number of likely N-dealkylation sites (tertiary alicyclic amines) is 1. The van der Waals surface area contributed by atoms with E-state index in [0.29, 0.717) is 33.5 Å². The van der Waals surface area contributed by atoms with Gasteiger partial charge in [-0.25, -0.2) is 4.98 Å². The van der Waals surface area contributed by atoms with E-state index in [0.717, 1.165) is 25.9 Å². The Morgan fingerprint density at radius 1 is 1.12 bits per heavy atom. The van der Waals surface area contributed by atoms with Gasteiger partial charge in [0.2, 0.25) is 5.91 Å². The minimum atomic E-state index is -0.396. The minimum absolute atomic E-state index is 0.0468. The van der Waals surface area contributed by atoms with Crippen LogP contribution in [0.25, 0.3) is 0 Å². The van der Waals surface area contributed by atoms with Crippen LogP contribution in [0.5, 0.6) is 0 Å².